The standard InChI is InChI=1S/C11H10N2O4S/c14-10(15)3-4-12-11(16)7-6-8(17-13-7)9-2-1-5-18-9/h1-2,5-6H,3-4H2,(H,12,16)(H,14,15). The van der Waals surface area contributed by atoms with Gasteiger partial charge in [-0.05, 0) is 11.4 Å². The molecule has 2 aromatic heterocycles. The van der Waals surface area contributed by atoms with E-state index in [1.165, 1.54) is 17.4 Å². The molecule has 0 radical (unpaired) electrons. The molecule has 0 spiro atoms. The first kappa shape index (κ1) is 12.3. The summed E-state index contributed by atoms with van der Waals surface area (Å²) in [4.78, 5) is 22.8. The number of nitrogens with one attached hydrogen (secondary N) is 1. The van der Waals surface area contributed by atoms with Crippen LogP contribution in [0.2, 0.25) is 0 Å². The SMILES string of the molecule is O=C(O)CCNC(=O)c1cc(-c2cccs2)on1. The molecule has 2 rings (SSSR count). The van der Waals surface area contributed by atoms with E-state index in [9.17, 15) is 9.59 Å². The molecule has 6 nitrogen and oxygen atoms in total. The average molecular weight is 266 g/mol. The number of carboxylic acids is 1. The van der Waals surface area contributed by atoms with Gasteiger partial charge in [-0.2, -0.15) is 0 Å². The number of rotatable bonds is 5. The molecule has 0 fully saturated rings. The van der Waals surface area contributed by atoms with Gasteiger partial charge in [0, 0.05) is 12.6 Å². The van der Waals surface area contributed by atoms with Gasteiger partial charge in [0.2, 0.25) is 0 Å². The van der Waals surface area contributed by atoms with Crippen molar-refractivity contribution in [3.05, 3.63) is 29.3 Å². The maximum absolute atomic E-state index is 11.6. The Bertz CT molecular complexity index is 547. The van der Waals surface area contributed by atoms with Gasteiger partial charge in [-0.3, -0.25) is 9.59 Å². The van der Waals surface area contributed by atoms with Crippen molar-refractivity contribution in [3.8, 4) is 10.6 Å². The topological polar surface area (TPSA) is 92.4 Å². The van der Waals surface area contributed by atoms with Crippen LogP contribution in [0.4, 0.5) is 0 Å². The molecule has 2 aromatic rings. The summed E-state index contributed by atoms with van der Waals surface area (Å²) in [5, 5.41) is 16.4. The fourth-order valence-electron chi connectivity index (χ4n) is 1.29. The third kappa shape index (κ3) is 2.95. The van der Waals surface area contributed by atoms with Gasteiger partial charge in [0.15, 0.2) is 11.5 Å². The lowest BCUT2D eigenvalue weighted by Crippen LogP contribution is -2.26. The van der Waals surface area contributed by atoms with E-state index in [0.717, 1.165) is 4.88 Å². The van der Waals surface area contributed by atoms with Crippen molar-refractivity contribution in [1.29, 1.82) is 0 Å². The minimum atomic E-state index is -0.963. The van der Waals surface area contributed by atoms with E-state index in [-0.39, 0.29) is 18.7 Å². The number of amides is 1. The number of carboxylic acid groups (broad SMARTS) is 1. The zero-order valence-electron chi connectivity index (χ0n) is 9.25. The van der Waals surface area contributed by atoms with E-state index in [0.29, 0.717) is 5.76 Å². The number of hydrogen-bond donors (Lipinski definition) is 2. The molecule has 0 bridgehead atoms. The van der Waals surface area contributed by atoms with Crippen LogP contribution < -0.4 is 5.32 Å². The Balaban J connectivity index is 1.97. The predicted octanol–water partition coefficient (Wildman–Crippen LogP) is 1.61. The van der Waals surface area contributed by atoms with Crippen molar-refractivity contribution in [2.45, 2.75) is 6.42 Å². The largest absolute Gasteiger partial charge is 0.481 e. The summed E-state index contributed by atoms with van der Waals surface area (Å²) in [7, 11) is 0. The molecule has 0 aliphatic heterocycles. The number of aliphatic carboxylic acids is 1. The van der Waals surface area contributed by atoms with Crippen LogP contribution in [0.15, 0.2) is 28.1 Å². The Morgan fingerprint density at radius 1 is 1.50 bits per heavy atom. The lowest BCUT2D eigenvalue weighted by atomic mass is 10.3. The quantitative estimate of drug-likeness (QED) is 0.857. The molecule has 0 saturated carbocycles. The maximum Gasteiger partial charge on any atom is 0.305 e. The summed E-state index contributed by atoms with van der Waals surface area (Å²) in [6.45, 7) is 0.0648. The van der Waals surface area contributed by atoms with Crippen molar-refractivity contribution in [2.75, 3.05) is 6.54 Å². The molecule has 0 aliphatic carbocycles. The Kier molecular flexibility index (Phi) is 3.73. The second kappa shape index (κ2) is 5.46. The van der Waals surface area contributed by atoms with E-state index >= 15 is 0 Å². The van der Waals surface area contributed by atoms with Crippen molar-refractivity contribution in [2.24, 2.45) is 0 Å². The Hall–Kier alpha value is -2.15. The van der Waals surface area contributed by atoms with Gasteiger partial charge in [-0.15, -0.1) is 11.3 Å². The fourth-order valence-corrected chi connectivity index (χ4v) is 1.96. The molecule has 0 saturated heterocycles. The van der Waals surface area contributed by atoms with E-state index in [1.807, 2.05) is 17.5 Å². The van der Waals surface area contributed by atoms with Crippen LogP contribution in [-0.2, 0) is 4.79 Å². The third-order valence-corrected chi connectivity index (χ3v) is 3.02. The number of aromatic nitrogens is 1. The first-order valence-corrected chi connectivity index (χ1v) is 6.05. The Labute approximate surface area is 106 Å². The van der Waals surface area contributed by atoms with E-state index in [2.05, 4.69) is 10.5 Å². The molecule has 0 aliphatic rings. The van der Waals surface area contributed by atoms with Gasteiger partial charge in [-0.25, -0.2) is 0 Å². The highest BCUT2D eigenvalue weighted by Gasteiger charge is 2.13. The van der Waals surface area contributed by atoms with Crippen LogP contribution in [0, 0.1) is 0 Å². The minimum absolute atomic E-state index is 0.0648. The highest BCUT2D eigenvalue weighted by molar-refractivity contribution is 7.13. The van der Waals surface area contributed by atoms with Gasteiger partial charge >= 0.3 is 5.97 Å². The smallest absolute Gasteiger partial charge is 0.305 e. The van der Waals surface area contributed by atoms with Crippen LogP contribution in [0.5, 0.6) is 0 Å². The second-order valence-electron chi connectivity index (χ2n) is 3.45. The molecule has 1 amide bonds. The monoisotopic (exact) mass is 266 g/mol. The predicted molar refractivity (Wildman–Crippen MR) is 64.4 cm³/mol. The fraction of sp³-hybridized carbons (Fsp3) is 0.182. The molecule has 7 heteroatoms. The number of hydrogen-bond acceptors (Lipinski definition) is 5. The lowest BCUT2D eigenvalue weighted by Gasteiger charge is -1.98. The molecule has 0 atom stereocenters. The lowest BCUT2D eigenvalue weighted by molar-refractivity contribution is -0.136. The summed E-state index contributed by atoms with van der Waals surface area (Å²) < 4.78 is 5.04. The minimum Gasteiger partial charge on any atom is -0.481 e. The Morgan fingerprint density at radius 3 is 3.00 bits per heavy atom. The van der Waals surface area contributed by atoms with E-state index in [4.69, 9.17) is 9.63 Å². The molecule has 94 valence electrons. The summed E-state index contributed by atoms with van der Waals surface area (Å²) >= 11 is 1.48. The number of carbonyl (C=O) groups is 2. The highest BCUT2D eigenvalue weighted by Crippen LogP contribution is 2.24. The third-order valence-electron chi connectivity index (χ3n) is 2.13. The van der Waals surface area contributed by atoms with Crippen LogP contribution >= 0.6 is 11.3 Å². The number of nitrogens with zero attached hydrogens (tertiary/aromatic N) is 1. The van der Waals surface area contributed by atoms with E-state index < -0.39 is 11.9 Å². The zero-order valence-corrected chi connectivity index (χ0v) is 10.1. The normalized spacial score (nSPS) is 10.2. The molecule has 18 heavy (non-hydrogen) atoms. The summed E-state index contributed by atoms with van der Waals surface area (Å²) in [6, 6.07) is 5.26. The second-order valence-corrected chi connectivity index (χ2v) is 4.40. The molecular weight excluding hydrogens is 256 g/mol. The average Bonchev–Trinajstić information content (AvgIpc) is 2.99. The Morgan fingerprint density at radius 2 is 2.33 bits per heavy atom. The van der Waals surface area contributed by atoms with Crippen LogP contribution in [-0.4, -0.2) is 28.7 Å². The van der Waals surface area contributed by atoms with E-state index in [1.54, 1.807) is 0 Å². The summed E-state index contributed by atoms with van der Waals surface area (Å²) in [5.74, 6) is -0.883. The van der Waals surface area contributed by atoms with Gasteiger partial charge in [0.25, 0.3) is 5.91 Å². The molecule has 2 N–H and O–H groups in total. The van der Waals surface area contributed by atoms with Crippen molar-refractivity contribution < 1.29 is 19.2 Å². The van der Waals surface area contributed by atoms with Crippen LogP contribution in [0.1, 0.15) is 16.9 Å². The zero-order chi connectivity index (χ0) is 13.0. The molecule has 0 unspecified atom stereocenters. The van der Waals surface area contributed by atoms with Crippen molar-refractivity contribution in [1.82, 2.24) is 10.5 Å². The first-order chi connectivity index (χ1) is 8.66. The van der Waals surface area contributed by atoms with Crippen LogP contribution in [0.25, 0.3) is 10.6 Å². The first-order valence-electron chi connectivity index (χ1n) is 5.17. The molecular formula is C11H10N2O4S. The van der Waals surface area contributed by atoms with Gasteiger partial charge in [0.1, 0.15) is 0 Å². The van der Waals surface area contributed by atoms with Gasteiger partial charge < -0.3 is 14.9 Å². The van der Waals surface area contributed by atoms with Gasteiger partial charge in [0.05, 0.1) is 11.3 Å². The number of carbonyl (C=O) groups excluding carboxylic acids is 1. The van der Waals surface area contributed by atoms with Crippen molar-refractivity contribution >= 4 is 23.2 Å². The molecule has 2 heterocycles. The maximum atomic E-state index is 11.6. The van der Waals surface area contributed by atoms with Crippen LogP contribution in [0.3, 0.4) is 0 Å². The highest BCUT2D eigenvalue weighted by atomic mass is 32.1. The summed E-state index contributed by atoms with van der Waals surface area (Å²) in [5.41, 5.74) is 0.142. The van der Waals surface area contributed by atoms with Gasteiger partial charge in [-0.1, -0.05) is 11.2 Å². The number of thiophene rings is 1. The summed E-state index contributed by atoms with van der Waals surface area (Å²) in [6.07, 6.45) is -0.124. The molecule has 0 aromatic carbocycles. The van der Waals surface area contributed by atoms with Crippen molar-refractivity contribution in [3.63, 3.8) is 0 Å².